The van der Waals surface area contributed by atoms with Gasteiger partial charge in [0.15, 0.2) is 0 Å². The first-order valence-corrected chi connectivity index (χ1v) is 6.28. The molecule has 0 radical (unpaired) electrons. The van der Waals surface area contributed by atoms with Crippen molar-refractivity contribution < 1.29 is 4.74 Å². The number of aromatic nitrogens is 2. The summed E-state index contributed by atoms with van der Waals surface area (Å²) in [6, 6.07) is 7.97. The molecule has 0 spiro atoms. The van der Waals surface area contributed by atoms with Crippen LogP contribution in [-0.2, 0) is 6.42 Å². The third-order valence-corrected chi connectivity index (χ3v) is 3.03. The Balaban J connectivity index is 2.03. The average Bonchev–Trinajstić information content (AvgIpc) is 2.78. The maximum absolute atomic E-state index is 5.12. The van der Waals surface area contributed by atoms with Crippen molar-refractivity contribution in [2.24, 2.45) is 0 Å². The van der Waals surface area contributed by atoms with Gasteiger partial charge in [-0.1, -0.05) is 12.1 Å². The van der Waals surface area contributed by atoms with E-state index in [-0.39, 0.29) is 0 Å². The summed E-state index contributed by atoms with van der Waals surface area (Å²) < 4.78 is 9.43. The third-order valence-electron chi connectivity index (χ3n) is 2.32. The summed E-state index contributed by atoms with van der Waals surface area (Å²) in [5.74, 6) is 1.73. The molecule has 4 nitrogen and oxygen atoms in total. The largest absolute Gasteiger partial charge is 0.497 e. The van der Waals surface area contributed by atoms with Crippen molar-refractivity contribution in [3.05, 3.63) is 35.7 Å². The summed E-state index contributed by atoms with van der Waals surface area (Å²) in [5.41, 5.74) is 1.19. The predicted molar refractivity (Wildman–Crippen MR) is 69.9 cm³/mol. The SMILES string of the molecule is CCNc1nc(Cc2ccc(OC)cc2)ns1. The van der Waals surface area contributed by atoms with Gasteiger partial charge in [-0.15, -0.1) is 0 Å². The Hall–Kier alpha value is -1.62. The van der Waals surface area contributed by atoms with Gasteiger partial charge < -0.3 is 10.1 Å². The summed E-state index contributed by atoms with van der Waals surface area (Å²) in [7, 11) is 1.67. The lowest BCUT2D eigenvalue weighted by atomic mass is 10.1. The van der Waals surface area contributed by atoms with Crippen molar-refractivity contribution in [3.63, 3.8) is 0 Å². The van der Waals surface area contributed by atoms with E-state index in [9.17, 15) is 0 Å². The number of anilines is 1. The van der Waals surface area contributed by atoms with Crippen LogP contribution in [0.1, 0.15) is 18.3 Å². The Morgan fingerprint density at radius 3 is 2.71 bits per heavy atom. The van der Waals surface area contributed by atoms with Gasteiger partial charge >= 0.3 is 0 Å². The first-order chi connectivity index (χ1) is 8.31. The minimum Gasteiger partial charge on any atom is -0.497 e. The fraction of sp³-hybridized carbons (Fsp3) is 0.333. The summed E-state index contributed by atoms with van der Waals surface area (Å²) in [4.78, 5) is 4.40. The lowest BCUT2D eigenvalue weighted by molar-refractivity contribution is 0.414. The molecular formula is C12H15N3OS. The van der Waals surface area contributed by atoms with Gasteiger partial charge in [0.2, 0.25) is 5.13 Å². The Kier molecular flexibility index (Phi) is 3.93. The second-order valence-electron chi connectivity index (χ2n) is 3.57. The van der Waals surface area contributed by atoms with Gasteiger partial charge in [-0.2, -0.15) is 4.37 Å². The number of methoxy groups -OCH3 is 1. The van der Waals surface area contributed by atoms with Gasteiger partial charge in [0.1, 0.15) is 11.6 Å². The quantitative estimate of drug-likeness (QED) is 0.884. The van der Waals surface area contributed by atoms with E-state index in [0.717, 1.165) is 29.7 Å². The average molecular weight is 249 g/mol. The summed E-state index contributed by atoms with van der Waals surface area (Å²) in [6.45, 7) is 2.92. The molecule has 0 atom stereocenters. The highest BCUT2D eigenvalue weighted by molar-refractivity contribution is 7.09. The maximum atomic E-state index is 5.12. The molecule has 17 heavy (non-hydrogen) atoms. The molecular weight excluding hydrogens is 234 g/mol. The van der Waals surface area contributed by atoms with Gasteiger partial charge in [-0.25, -0.2) is 4.98 Å². The van der Waals surface area contributed by atoms with E-state index >= 15 is 0 Å². The van der Waals surface area contributed by atoms with Crippen molar-refractivity contribution in [2.75, 3.05) is 19.0 Å². The predicted octanol–water partition coefficient (Wildman–Crippen LogP) is 2.57. The monoisotopic (exact) mass is 249 g/mol. The Labute approximate surface area is 105 Å². The van der Waals surface area contributed by atoms with Gasteiger partial charge in [-0.05, 0) is 24.6 Å². The first-order valence-electron chi connectivity index (χ1n) is 5.51. The molecule has 0 aliphatic carbocycles. The number of rotatable bonds is 5. The minimum atomic E-state index is 0.756. The van der Waals surface area contributed by atoms with Crippen LogP contribution in [0, 0.1) is 0 Å². The van der Waals surface area contributed by atoms with Crippen molar-refractivity contribution >= 4 is 16.7 Å². The fourth-order valence-corrected chi connectivity index (χ4v) is 2.13. The molecule has 0 bridgehead atoms. The van der Waals surface area contributed by atoms with Crippen LogP contribution < -0.4 is 10.1 Å². The molecule has 5 heteroatoms. The van der Waals surface area contributed by atoms with Crippen molar-refractivity contribution in [2.45, 2.75) is 13.3 Å². The van der Waals surface area contributed by atoms with E-state index in [0.29, 0.717) is 0 Å². The van der Waals surface area contributed by atoms with Gasteiger partial charge in [0, 0.05) is 24.5 Å². The van der Waals surface area contributed by atoms with Crippen LogP contribution >= 0.6 is 11.5 Å². The molecule has 0 fully saturated rings. The smallest absolute Gasteiger partial charge is 0.202 e. The van der Waals surface area contributed by atoms with E-state index < -0.39 is 0 Å². The van der Waals surface area contributed by atoms with Crippen LogP contribution in [0.25, 0.3) is 0 Å². The van der Waals surface area contributed by atoms with E-state index in [2.05, 4.69) is 14.7 Å². The molecule has 90 valence electrons. The molecule has 0 amide bonds. The third kappa shape index (κ3) is 3.17. The van der Waals surface area contributed by atoms with Crippen LogP contribution in [0.3, 0.4) is 0 Å². The topological polar surface area (TPSA) is 47.0 Å². The zero-order valence-corrected chi connectivity index (χ0v) is 10.8. The molecule has 0 unspecified atom stereocenters. The fourth-order valence-electron chi connectivity index (χ4n) is 1.47. The zero-order valence-electron chi connectivity index (χ0n) is 9.93. The number of benzene rings is 1. The van der Waals surface area contributed by atoms with Crippen molar-refractivity contribution in [1.82, 2.24) is 9.36 Å². The van der Waals surface area contributed by atoms with Crippen LogP contribution in [-0.4, -0.2) is 23.0 Å². The van der Waals surface area contributed by atoms with E-state index in [4.69, 9.17) is 4.74 Å². The number of nitrogens with zero attached hydrogens (tertiary/aromatic N) is 2. The molecule has 0 aliphatic heterocycles. The van der Waals surface area contributed by atoms with Gasteiger partial charge in [0.25, 0.3) is 0 Å². The molecule has 1 N–H and O–H groups in total. The molecule has 1 aromatic carbocycles. The Morgan fingerprint density at radius 1 is 1.29 bits per heavy atom. The lowest BCUT2D eigenvalue weighted by Crippen LogP contribution is -1.96. The number of hydrogen-bond donors (Lipinski definition) is 1. The van der Waals surface area contributed by atoms with Crippen molar-refractivity contribution in [1.29, 1.82) is 0 Å². The van der Waals surface area contributed by atoms with E-state index in [1.807, 2.05) is 31.2 Å². The maximum Gasteiger partial charge on any atom is 0.202 e. The molecule has 0 aliphatic rings. The summed E-state index contributed by atoms with van der Waals surface area (Å²) in [5, 5.41) is 4.04. The normalized spacial score (nSPS) is 10.2. The highest BCUT2D eigenvalue weighted by Crippen LogP contribution is 2.16. The molecule has 0 saturated heterocycles. The molecule has 1 aromatic heterocycles. The molecule has 2 aromatic rings. The Morgan fingerprint density at radius 2 is 2.06 bits per heavy atom. The van der Waals surface area contributed by atoms with Crippen LogP contribution in [0.4, 0.5) is 5.13 Å². The number of ether oxygens (including phenoxy) is 1. The van der Waals surface area contributed by atoms with Gasteiger partial charge in [-0.3, -0.25) is 0 Å². The Bertz CT molecular complexity index is 467. The second-order valence-corrected chi connectivity index (χ2v) is 4.32. The zero-order chi connectivity index (χ0) is 12.1. The minimum absolute atomic E-state index is 0.756. The van der Waals surface area contributed by atoms with Crippen LogP contribution in [0.2, 0.25) is 0 Å². The lowest BCUT2D eigenvalue weighted by Gasteiger charge is -2.00. The highest BCUT2D eigenvalue weighted by atomic mass is 32.1. The standard InChI is InChI=1S/C12H15N3OS/c1-3-13-12-14-11(15-17-12)8-9-4-6-10(16-2)7-5-9/h4-7H,3,8H2,1-2H3,(H,13,14,15). The molecule has 2 rings (SSSR count). The van der Waals surface area contributed by atoms with Crippen molar-refractivity contribution in [3.8, 4) is 5.75 Å². The summed E-state index contributed by atoms with van der Waals surface area (Å²) >= 11 is 1.40. The first kappa shape index (κ1) is 11.9. The van der Waals surface area contributed by atoms with E-state index in [1.54, 1.807) is 7.11 Å². The molecule has 1 heterocycles. The number of nitrogens with one attached hydrogen (secondary N) is 1. The second kappa shape index (κ2) is 5.63. The summed E-state index contributed by atoms with van der Waals surface area (Å²) in [6.07, 6.45) is 0.756. The van der Waals surface area contributed by atoms with Gasteiger partial charge in [0.05, 0.1) is 7.11 Å². The van der Waals surface area contributed by atoms with Crippen LogP contribution in [0.5, 0.6) is 5.75 Å². The van der Waals surface area contributed by atoms with E-state index in [1.165, 1.54) is 17.1 Å². The van der Waals surface area contributed by atoms with Crippen LogP contribution in [0.15, 0.2) is 24.3 Å². The highest BCUT2D eigenvalue weighted by Gasteiger charge is 2.04. The number of hydrogen-bond acceptors (Lipinski definition) is 5. The molecule has 0 saturated carbocycles.